The lowest BCUT2D eigenvalue weighted by atomic mass is 10.2. The number of benzene rings is 1. The molecule has 2 aromatic rings. The Morgan fingerprint density at radius 2 is 1.93 bits per heavy atom. The number of rotatable bonds is 6. The molecule has 0 radical (unpaired) electrons. The summed E-state index contributed by atoms with van der Waals surface area (Å²) in [7, 11) is 0. The second kappa shape index (κ2) is 9.43. The van der Waals surface area contributed by atoms with Crippen LogP contribution in [0.5, 0.6) is 0 Å². The first-order valence-corrected chi connectivity index (χ1v) is 11.1. The highest BCUT2D eigenvalue weighted by Crippen LogP contribution is 2.26. The molecule has 0 bridgehead atoms. The Labute approximate surface area is 174 Å². The number of thioether (sulfide) groups is 1. The van der Waals surface area contributed by atoms with Gasteiger partial charge in [0.15, 0.2) is 5.16 Å². The molecule has 3 amide bonds. The molecule has 1 aromatic heterocycles. The first-order chi connectivity index (χ1) is 13.9. The molecule has 1 aliphatic carbocycles. The molecule has 8 heteroatoms. The van der Waals surface area contributed by atoms with Crippen molar-refractivity contribution in [2.24, 2.45) is 0 Å². The number of para-hydroxylation sites is 1. The molecule has 0 aliphatic heterocycles. The molecule has 2 atom stereocenters. The largest absolute Gasteiger partial charge is 0.335 e. The van der Waals surface area contributed by atoms with Crippen molar-refractivity contribution in [1.29, 1.82) is 0 Å². The highest BCUT2D eigenvalue weighted by molar-refractivity contribution is 8.00. The number of amides is 3. The molecular formula is C21H28N4O3S. The van der Waals surface area contributed by atoms with Crippen LogP contribution in [0.3, 0.4) is 0 Å². The van der Waals surface area contributed by atoms with E-state index < -0.39 is 17.2 Å². The third kappa shape index (κ3) is 4.98. The van der Waals surface area contributed by atoms with Gasteiger partial charge < -0.3 is 5.32 Å². The van der Waals surface area contributed by atoms with Crippen molar-refractivity contribution < 1.29 is 9.59 Å². The number of hydrogen-bond acceptors (Lipinski definition) is 5. The average molecular weight is 417 g/mol. The first-order valence-electron chi connectivity index (χ1n) is 10.2. The molecule has 0 saturated heterocycles. The molecule has 1 heterocycles. The summed E-state index contributed by atoms with van der Waals surface area (Å²) < 4.78 is 1.65. The maximum atomic E-state index is 13.0. The Balaban J connectivity index is 1.78. The fourth-order valence-corrected chi connectivity index (χ4v) is 4.51. The van der Waals surface area contributed by atoms with Gasteiger partial charge in [0, 0.05) is 12.1 Å². The third-order valence-corrected chi connectivity index (χ3v) is 6.45. The van der Waals surface area contributed by atoms with Gasteiger partial charge in [-0.15, -0.1) is 0 Å². The lowest BCUT2D eigenvalue weighted by molar-refractivity contribution is -0.119. The number of nitrogens with one attached hydrogen (secondary N) is 2. The topological polar surface area (TPSA) is 93.1 Å². The van der Waals surface area contributed by atoms with Gasteiger partial charge in [0.1, 0.15) is 0 Å². The van der Waals surface area contributed by atoms with Crippen molar-refractivity contribution in [3.05, 3.63) is 34.6 Å². The summed E-state index contributed by atoms with van der Waals surface area (Å²) in [6.07, 6.45) is 4.87. The van der Waals surface area contributed by atoms with Crippen LogP contribution in [-0.4, -0.2) is 32.8 Å². The van der Waals surface area contributed by atoms with Gasteiger partial charge in [-0.1, -0.05) is 43.7 Å². The van der Waals surface area contributed by atoms with E-state index in [0.717, 1.165) is 32.1 Å². The molecular weight excluding hydrogens is 388 g/mol. The summed E-state index contributed by atoms with van der Waals surface area (Å²) >= 11 is 1.20. The van der Waals surface area contributed by atoms with Crippen molar-refractivity contribution in [3.8, 4) is 0 Å². The van der Waals surface area contributed by atoms with Gasteiger partial charge in [-0.05, 0) is 45.2 Å². The van der Waals surface area contributed by atoms with E-state index in [1.54, 1.807) is 23.6 Å². The maximum Gasteiger partial charge on any atom is 0.321 e. The number of aromatic nitrogens is 2. The Hall–Kier alpha value is -2.35. The smallest absolute Gasteiger partial charge is 0.321 e. The molecule has 29 heavy (non-hydrogen) atoms. The zero-order valence-corrected chi connectivity index (χ0v) is 17.9. The fourth-order valence-electron chi connectivity index (χ4n) is 3.50. The standard InChI is InChI=1S/C21H28N4O3S/c1-4-13(2)25-19(27)16-11-7-8-12-17(16)23-21(25)29-14(3)18(26)24-20(28)22-15-9-5-6-10-15/h7-8,11-15H,4-6,9-10H2,1-3H3,(H2,22,24,26,28)/t13-,14+/m0/s1. The van der Waals surface area contributed by atoms with Gasteiger partial charge in [-0.2, -0.15) is 0 Å². The summed E-state index contributed by atoms with van der Waals surface area (Å²) in [5, 5.41) is 5.74. The summed E-state index contributed by atoms with van der Waals surface area (Å²) in [5.74, 6) is -0.399. The number of carbonyl (C=O) groups is 2. The van der Waals surface area contributed by atoms with Crippen LogP contribution >= 0.6 is 11.8 Å². The molecule has 1 fully saturated rings. The van der Waals surface area contributed by atoms with E-state index in [4.69, 9.17) is 0 Å². The Morgan fingerprint density at radius 3 is 2.62 bits per heavy atom. The number of imide groups is 1. The fraction of sp³-hybridized carbons (Fsp3) is 0.524. The molecule has 3 rings (SSSR count). The summed E-state index contributed by atoms with van der Waals surface area (Å²) in [6.45, 7) is 5.68. The van der Waals surface area contributed by atoms with Crippen molar-refractivity contribution in [3.63, 3.8) is 0 Å². The van der Waals surface area contributed by atoms with Gasteiger partial charge in [-0.25, -0.2) is 9.78 Å². The van der Waals surface area contributed by atoms with E-state index in [1.165, 1.54) is 11.8 Å². The highest BCUT2D eigenvalue weighted by atomic mass is 32.2. The number of nitrogens with zero attached hydrogens (tertiary/aromatic N) is 2. The van der Waals surface area contributed by atoms with Gasteiger partial charge in [-0.3, -0.25) is 19.5 Å². The van der Waals surface area contributed by atoms with E-state index in [-0.39, 0.29) is 17.6 Å². The first kappa shape index (κ1) is 21.4. The zero-order valence-electron chi connectivity index (χ0n) is 17.1. The lowest BCUT2D eigenvalue weighted by Gasteiger charge is -2.20. The van der Waals surface area contributed by atoms with E-state index in [2.05, 4.69) is 15.6 Å². The van der Waals surface area contributed by atoms with Crippen LogP contribution < -0.4 is 16.2 Å². The molecule has 0 spiro atoms. The van der Waals surface area contributed by atoms with Crippen LogP contribution in [0.2, 0.25) is 0 Å². The van der Waals surface area contributed by atoms with E-state index in [1.807, 2.05) is 26.0 Å². The van der Waals surface area contributed by atoms with Crippen molar-refractivity contribution in [2.45, 2.75) is 75.4 Å². The predicted molar refractivity (Wildman–Crippen MR) is 115 cm³/mol. The summed E-state index contributed by atoms with van der Waals surface area (Å²) in [6, 6.07) is 6.84. The average Bonchev–Trinajstić information content (AvgIpc) is 3.20. The van der Waals surface area contributed by atoms with E-state index in [0.29, 0.717) is 16.1 Å². The molecule has 7 nitrogen and oxygen atoms in total. The molecule has 156 valence electrons. The molecule has 2 N–H and O–H groups in total. The van der Waals surface area contributed by atoms with Crippen LogP contribution in [0.4, 0.5) is 4.79 Å². The summed E-state index contributed by atoms with van der Waals surface area (Å²) in [5.41, 5.74) is 0.491. The second-order valence-corrected chi connectivity index (χ2v) is 8.86. The highest BCUT2D eigenvalue weighted by Gasteiger charge is 2.24. The van der Waals surface area contributed by atoms with Crippen LogP contribution in [0.1, 0.15) is 58.9 Å². The minimum Gasteiger partial charge on any atom is -0.335 e. The van der Waals surface area contributed by atoms with Gasteiger partial charge in [0.2, 0.25) is 5.91 Å². The monoisotopic (exact) mass is 416 g/mol. The van der Waals surface area contributed by atoms with Gasteiger partial charge >= 0.3 is 6.03 Å². The van der Waals surface area contributed by atoms with Gasteiger partial charge in [0.25, 0.3) is 5.56 Å². The number of hydrogen-bond donors (Lipinski definition) is 2. The molecule has 1 saturated carbocycles. The van der Waals surface area contributed by atoms with E-state index >= 15 is 0 Å². The molecule has 0 unspecified atom stereocenters. The minimum absolute atomic E-state index is 0.0527. The van der Waals surface area contributed by atoms with E-state index in [9.17, 15) is 14.4 Å². The van der Waals surface area contributed by atoms with Crippen LogP contribution in [-0.2, 0) is 4.79 Å². The predicted octanol–water partition coefficient (Wildman–Crippen LogP) is 3.62. The van der Waals surface area contributed by atoms with Crippen LogP contribution in [0.15, 0.2) is 34.2 Å². The Bertz CT molecular complexity index is 953. The maximum absolute atomic E-state index is 13.0. The van der Waals surface area contributed by atoms with Crippen molar-refractivity contribution in [1.82, 2.24) is 20.2 Å². The molecule has 1 aromatic carbocycles. The number of fused-ring (bicyclic) bond motifs is 1. The molecule has 1 aliphatic rings. The Kier molecular flexibility index (Phi) is 6.95. The minimum atomic E-state index is -0.576. The van der Waals surface area contributed by atoms with Crippen molar-refractivity contribution in [2.75, 3.05) is 0 Å². The lowest BCUT2D eigenvalue weighted by Crippen LogP contribution is -2.46. The van der Waals surface area contributed by atoms with Crippen LogP contribution in [0.25, 0.3) is 10.9 Å². The quantitative estimate of drug-likeness (QED) is 0.554. The SMILES string of the molecule is CC[C@H](C)n1c(S[C@H](C)C(=O)NC(=O)NC2CCCC2)nc2ccccc2c1=O. The zero-order chi connectivity index (χ0) is 21.0. The Morgan fingerprint density at radius 1 is 1.24 bits per heavy atom. The van der Waals surface area contributed by atoms with Gasteiger partial charge in [0.05, 0.1) is 16.2 Å². The summed E-state index contributed by atoms with van der Waals surface area (Å²) in [4.78, 5) is 42.3. The third-order valence-electron chi connectivity index (χ3n) is 5.39. The second-order valence-electron chi connectivity index (χ2n) is 7.55. The van der Waals surface area contributed by atoms with Crippen LogP contribution in [0, 0.1) is 0 Å². The normalized spacial score (nSPS) is 16.5. The number of carbonyl (C=O) groups excluding carboxylic acids is 2. The number of urea groups is 1. The van der Waals surface area contributed by atoms with Crippen molar-refractivity contribution >= 4 is 34.6 Å².